The molecule has 2 fully saturated rings. The van der Waals surface area contributed by atoms with E-state index in [0.29, 0.717) is 29.5 Å². The number of amides is 2. The molecule has 2 aromatic rings. The lowest BCUT2D eigenvalue weighted by atomic mass is 9.48. The first kappa shape index (κ1) is 30.1. The van der Waals surface area contributed by atoms with Gasteiger partial charge in [-0.15, -0.1) is 5.75 Å². The summed E-state index contributed by atoms with van der Waals surface area (Å²) >= 11 is 0. The van der Waals surface area contributed by atoms with Crippen molar-refractivity contribution < 1.29 is 38.6 Å². The average Bonchev–Trinajstić information content (AvgIpc) is 3.36. The van der Waals surface area contributed by atoms with Gasteiger partial charge in [0.05, 0.1) is 31.6 Å². The molecule has 11 heteroatoms. The molecule has 44 heavy (non-hydrogen) atoms. The smallest absolute Gasteiger partial charge is 0.415 e. The van der Waals surface area contributed by atoms with Crippen molar-refractivity contribution in [3.63, 3.8) is 0 Å². The van der Waals surface area contributed by atoms with Crippen LogP contribution in [0.15, 0.2) is 49.1 Å². The first-order chi connectivity index (χ1) is 20.9. The van der Waals surface area contributed by atoms with Crippen molar-refractivity contribution >= 4 is 17.8 Å². The molecule has 11 nitrogen and oxygen atoms in total. The van der Waals surface area contributed by atoms with Crippen LogP contribution in [0.4, 0.5) is 4.79 Å². The van der Waals surface area contributed by atoms with E-state index < -0.39 is 29.3 Å². The molecule has 1 saturated heterocycles. The fraction of sp³-hybridized carbons (Fsp3) is 0.485. The third kappa shape index (κ3) is 4.56. The quantitative estimate of drug-likeness (QED) is 0.282. The number of Topliss-reactive ketones (excluding diaryl/α,β-unsaturated/α-hetero) is 1. The van der Waals surface area contributed by atoms with E-state index in [4.69, 9.17) is 15.2 Å². The standard InChI is InChI=1S/C33H40N4O7/c1-4-16-37(3)17-13-32-27-21-7-10-25(28(27)44-29(32)24(39)11-12-33(32,42)26(37)19-21)43-31(41)36(2)15-14-35-30(40)23(34)18-20-5-8-22(38)9-6-20/h4-10,23,26,29,42H,1,11-19,34H2,2-3H3,(H-,35,38,40)/t23-,26+,29-,32-,33+,37?/m0/s1. The molecule has 234 valence electrons. The van der Waals surface area contributed by atoms with E-state index in [1.54, 1.807) is 25.2 Å². The van der Waals surface area contributed by atoms with Crippen LogP contribution >= 0.6 is 0 Å². The number of aliphatic hydroxyl groups is 1. The fourth-order valence-electron chi connectivity index (χ4n) is 8.13. The maximum Gasteiger partial charge on any atom is 0.415 e. The van der Waals surface area contributed by atoms with E-state index in [0.717, 1.165) is 29.8 Å². The largest absolute Gasteiger partial charge is 0.872 e. The Morgan fingerprint density at radius 1 is 1.30 bits per heavy atom. The Bertz CT molecular complexity index is 1510. The zero-order valence-corrected chi connectivity index (χ0v) is 25.2. The Morgan fingerprint density at radius 2 is 2.05 bits per heavy atom. The average molecular weight is 605 g/mol. The van der Waals surface area contributed by atoms with Gasteiger partial charge in [0.1, 0.15) is 11.6 Å². The van der Waals surface area contributed by atoms with Crippen molar-refractivity contribution in [3.8, 4) is 17.2 Å². The highest BCUT2D eigenvalue weighted by atomic mass is 16.6. The summed E-state index contributed by atoms with van der Waals surface area (Å²) in [7, 11) is 3.71. The molecule has 4 N–H and O–H groups in total. The zero-order chi connectivity index (χ0) is 31.4. The summed E-state index contributed by atoms with van der Waals surface area (Å²) in [6.07, 6.45) is 2.49. The number of nitrogens with zero attached hydrogens (tertiary/aromatic N) is 2. The molecule has 2 bridgehead atoms. The predicted molar refractivity (Wildman–Crippen MR) is 159 cm³/mol. The van der Waals surface area contributed by atoms with Gasteiger partial charge >= 0.3 is 6.09 Å². The van der Waals surface area contributed by atoms with Crippen LogP contribution in [0.25, 0.3) is 0 Å². The highest BCUT2D eigenvalue weighted by Gasteiger charge is 2.76. The van der Waals surface area contributed by atoms with Gasteiger partial charge in [0.2, 0.25) is 5.91 Å². The number of rotatable bonds is 9. The second kappa shape index (κ2) is 10.9. The van der Waals surface area contributed by atoms with Crippen molar-refractivity contribution in [1.82, 2.24) is 10.2 Å². The van der Waals surface area contributed by atoms with Gasteiger partial charge in [0.15, 0.2) is 23.4 Å². The number of carbonyl (C=O) groups is 3. The van der Waals surface area contributed by atoms with E-state index in [1.807, 2.05) is 12.1 Å². The van der Waals surface area contributed by atoms with Crippen LogP contribution in [0, 0.1) is 0 Å². The molecule has 1 spiro atoms. The Kier molecular flexibility index (Phi) is 7.46. The van der Waals surface area contributed by atoms with Gasteiger partial charge in [0.25, 0.3) is 0 Å². The van der Waals surface area contributed by atoms with Crippen LogP contribution in [0.3, 0.4) is 0 Å². The number of likely N-dealkylation sites (tertiary alicyclic amines) is 1. The number of benzene rings is 2. The van der Waals surface area contributed by atoms with E-state index in [2.05, 4.69) is 18.9 Å². The Hall–Kier alpha value is -3.93. The molecule has 2 aromatic carbocycles. The summed E-state index contributed by atoms with van der Waals surface area (Å²) in [5, 5.41) is 26.5. The molecule has 0 aromatic heterocycles. The second-order valence-corrected chi connectivity index (χ2v) is 13.0. The number of hydrogen-bond donors (Lipinski definition) is 3. The number of carbonyl (C=O) groups excluding carboxylic acids is 3. The van der Waals surface area contributed by atoms with Crippen molar-refractivity contribution in [3.05, 3.63) is 65.7 Å². The number of ketones is 1. The molecule has 6 atom stereocenters. The number of likely N-dealkylation sites (N-methyl/N-ethyl adjacent to an activating group) is 2. The van der Waals surface area contributed by atoms with Crippen LogP contribution in [0.2, 0.25) is 0 Å². The minimum absolute atomic E-state index is 0.0388. The number of quaternary nitrogens is 1. The number of piperidine rings is 1. The first-order valence-corrected chi connectivity index (χ1v) is 15.2. The maximum atomic E-state index is 13.3. The van der Waals surface area contributed by atoms with Crippen molar-refractivity contribution in [2.24, 2.45) is 5.73 Å². The van der Waals surface area contributed by atoms with Gasteiger partial charge < -0.3 is 40.1 Å². The maximum absolute atomic E-state index is 13.3. The van der Waals surface area contributed by atoms with Crippen molar-refractivity contribution in [2.75, 3.05) is 40.3 Å². The van der Waals surface area contributed by atoms with Crippen LogP contribution in [0.1, 0.15) is 36.0 Å². The number of nitrogens with one attached hydrogen (secondary N) is 1. The monoisotopic (exact) mass is 604 g/mol. The molecule has 2 aliphatic carbocycles. The molecular formula is C33H40N4O7. The number of nitrogens with two attached hydrogens (primary N) is 1. The minimum Gasteiger partial charge on any atom is -0.872 e. The van der Waals surface area contributed by atoms with Crippen LogP contribution in [0.5, 0.6) is 17.2 Å². The summed E-state index contributed by atoms with van der Waals surface area (Å²) in [6, 6.07) is 8.85. The van der Waals surface area contributed by atoms with Gasteiger partial charge in [-0.2, -0.15) is 0 Å². The molecule has 2 heterocycles. The molecule has 1 saturated carbocycles. The number of ether oxygens (including phenoxy) is 2. The second-order valence-electron chi connectivity index (χ2n) is 13.0. The molecule has 2 amide bonds. The minimum atomic E-state index is -1.14. The van der Waals surface area contributed by atoms with Gasteiger partial charge in [-0.1, -0.05) is 36.9 Å². The Morgan fingerprint density at radius 3 is 2.77 bits per heavy atom. The zero-order valence-electron chi connectivity index (χ0n) is 25.2. The fourth-order valence-corrected chi connectivity index (χ4v) is 8.13. The van der Waals surface area contributed by atoms with Crippen LogP contribution < -0.4 is 25.6 Å². The summed E-state index contributed by atoms with van der Waals surface area (Å²) in [5.41, 5.74) is 6.59. The van der Waals surface area contributed by atoms with Crippen LogP contribution in [-0.4, -0.2) is 96.3 Å². The van der Waals surface area contributed by atoms with Crippen molar-refractivity contribution in [2.45, 2.75) is 61.3 Å². The van der Waals surface area contributed by atoms with Gasteiger partial charge in [0, 0.05) is 45.0 Å². The molecular weight excluding hydrogens is 564 g/mol. The van der Waals surface area contributed by atoms with Gasteiger partial charge in [-0.3, -0.25) is 9.59 Å². The summed E-state index contributed by atoms with van der Waals surface area (Å²) in [4.78, 5) is 40.2. The topological polar surface area (TPSA) is 154 Å². The van der Waals surface area contributed by atoms with Gasteiger partial charge in [-0.25, -0.2) is 4.79 Å². The SMILES string of the molecule is C=CC[N+]1(C)CC[C@]23c4c5ccc(OC(=O)N(C)CCNC(=O)[C@@H](N)Cc6ccc([O-])cc6)c4O[C@H]2C(=O)CC[C@@]3(O)[C@H]1C5. The summed E-state index contributed by atoms with van der Waals surface area (Å²) in [6.45, 7) is 5.75. The van der Waals surface area contributed by atoms with E-state index >= 15 is 0 Å². The normalized spacial score (nSPS) is 30.0. The Balaban J connectivity index is 1.15. The third-order valence-corrected chi connectivity index (χ3v) is 10.4. The van der Waals surface area contributed by atoms with E-state index in [1.165, 1.54) is 17.0 Å². The Labute approximate surface area is 256 Å². The van der Waals surface area contributed by atoms with Gasteiger partial charge in [-0.05, 0) is 36.1 Å². The highest BCUT2D eigenvalue weighted by Crippen LogP contribution is 2.65. The summed E-state index contributed by atoms with van der Waals surface area (Å²) in [5.74, 6) is 0.0524. The number of hydrogen-bond acceptors (Lipinski definition) is 8. The molecule has 0 radical (unpaired) electrons. The summed E-state index contributed by atoms with van der Waals surface area (Å²) < 4.78 is 12.8. The first-order valence-electron chi connectivity index (χ1n) is 15.2. The predicted octanol–water partition coefficient (Wildman–Crippen LogP) is 0.931. The third-order valence-electron chi connectivity index (χ3n) is 10.4. The lowest BCUT2D eigenvalue weighted by molar-refractivity contribution is -0.944. The molecule has 6 rings (SSSR count). The van der Waals surface area contributed by atoms with E-state index in [-0.39, 0.29) is 55.2 Å². The highest BCUT2D eigenvalue weighted by molar-refractivity contribution is 5.90. The lowest BCUT2D eigenvalue weighted by Gasteiger charge is -2.64. The lowest BCUT2D eigenvalue weighted by Crippen LogP contribution is -2.80. The van der Waals surface area contributed by atoms with Crippen molar-refractivity contribution in [1.29, 1.82) is 0 Å². The molecule has 4 aliphatic rings. The molecule has 1 unspecified atom stereocenters. The van der Waals surface area contributed by atoms with Crippen LogP contribution in [-0.2, 0) is 27.8 Å². The molecule has 2 aliphatic heterocycles. The van der Waals surface area contributed by atoms with E-state index in [9.17, 15) is 24.6 Å².